The minimum Gasteiger partial charge on any atom is -0.352 e. The summed E-state index contributed by atoms with van der Waals surface area (Å²) in [4.78, 5) is 6.41. The standard InChI is InChI=1S/C11H16FN3S/c1-8-7-16-3-2-15(8)11-9(5-13)4-10(12)6-14-11/h4,6,8H,2-3,5,7,13H2,1H3. The fourth-order valence-corrected chi connectivity index (χ4v) is 2.94. The third-order valence-corrected chi connectivity index (χ3v) is 3.96. The third kappa shape index (κ3) is 2.30. The zero-order valence-corrected chi connectivity index (χ0v) is 10.1. The van der Waals surface area contributed by atoms with Crippen LogP contribution in [0.15, 0.2) is 12.3 Å². The van der Waals surface area contributed by atoms with Crippen LogP contribution in [0.1, 0.15) is 12.5 Å². The maximum absolute atomic E-state index is 13.1. The molecule has 3 nitrogen and oxygen atoms in total. The Balaban J connectivity index is 2.30. The predicted molar refractivity (Wildman–Crippen MR) is 66.2 cm³/mol. The zero-order valence-electron chi connectivity index (χ0n) is 9.32. The molecule has 88 valence electrons. The van der Waals surface area contributed by atoms with Crippen LogP contribution in [0.25, 0.3) is 0 Å². The van der Waals surface area contributed by atoms with E-state index >= 15 is 0 Å². The number of nitrogens with zero attached hydrogens (tertiary/aromatic N) is 2. The van der Waals surface area contributed by atoms with E-state index in [1.54, 1.807) is 0 Å². The summed E-state index contributed by atoms with van der Waals surface area (Å²) in [5.41, 5.74) is 6.42. The van der Waals surface area contributed by atoms with E-state index in [-0.39, 0.29) is 5.82 Å². The fourth-order valence-electron chi connectivity index (χ4n) is 1.92. The molecular formula is C11H16FN3S. The van der Waals surface area contributed by atoms with Crippen molar-refractivity contribution >= 4 is 17.6 Å². The molecular weight excluding hydrogens is 225 g/mol. The molecule has 0 saturated carbocycles. The maximum atomic E-state index is 13.1. The molecule has 2 rings (SSSR count). The number of aromatic nitrogens is 1. The molecule has 2 heterocycles. The molecule has 1 fully saturated rings. The average molecular weight is 241 g/mol. The Hall–Kier alpha value is -0.810. The second kappa shape index (κ2) is 5.01. The second-order valence-corrected chi connectivity index (χ2v) is 5.11. The Labute approximate surface area is 99.2 Å². The number of pyridine rings is 1. The molecule has 1 aliphatic rings. The van der Waals surface area contributed by atoms with Gasteiger partial charge in [-0.2, -0.15) is 11.8 Å². The highest BCUT2D eigenvalue weighted by atomic mass is 32.2. The Kier molecular flexibility index (Phi) is 3.66. The van der Waals surface area contributed by atoms with Gasteiger partial charge in [0.15, 0.2) is 0 Å². The van der Waals surface area contributed by atoms with Crippen LogP contribution in [0.3, 0.4) is 0 Å². The largest absolute Gasteiger partial charge is 0.352 e. The summed E-state index contributed by atoms with van der Waals surface area (Å²) in [5.74, 6) is 2.70. The minimum atomic E-state index is -0.316. The van der Waals surface area contributed by atoms with Gasteiger partial charge < -0.3 is 10.6 Å². The summed E-state index contributed by atoms with van der Waals surface area (Å²) in [5, 5.41) is 0. The zero-order chi connectivity index (χ0) is 11.5. The highest BCUT2D eigenvalue weighted by molar-refractivity contribution is 7.99. The van der Waals surface area contributed by atoms with Gasteiger partial charge in [0, 0.05) is 36.2 Å². The number of thioether (sulfide) groups is 1. The summed E-state index contributed by atoms with van der Waals surface area (Å²) in [7, 11) is 0. The van der Waals surface area contributed by atoms with Crippen molar-refractivity contribution in [2.45, 2.75) is 19.5 Å². The Morgan fingerprint density at radius 3 is 3.19 bits per heavy atom. The first-order valence-electron chi connectivity index (χ1n) is 5.41. The molecule has 1 aromatic heterocycles. The van der Waals surface area contributed by atoms with Gasteiger partial charge in [-0.05, 0) is 13.0 Å². The molecule has 0 amide bonds. The first-order chi connectivity index (χ1) is 7.72. The van der Waals surface area contributed by atoms with Crippen molar-refractivity contribution in [1.82, 2.24) is 4.98 Å². The van der Waals surface area contributed by atoms with Crippen molar-refractivity contribution < 1.29 is 4.39 Å². The number of rotatable bonds is 2. The van der Waals surface area contributed by atoms with Gasteiger partial charge in [0.2, 0.25) is 0 Å². The third-order valence-electron chi connectivity index (χ3n) is 2.77. The molecule has 0 aromatic carbocycles. The lowest BCUT2D eigenvalue weighted by molar-refractivity contribution is 0.613. The molecule has 5 heteroatoms. The van der Waals surface area contributed by atoms with Crippen LogP contribution in [-0.2, 0) is 6.54 Å². The topological polar surface area (TPSA) is 42.2 Å². The van der Waals surface area contributed by atoms with E-state index < -0.39 is 0 Å². The van der Waals surface area contributed by atoms with E-state index in [2.05, 4.69) is 16.8 Å². The summed E-state index contributed by atoms with van der Waals surface area (Å²) < 4.78 is 13.1. The normalized spacial score (nSPS) is 21.2. The van der Waals surface area contributed by atoms with Gasteiger partial charge in [0.25, 0.3) is 0 Å². The van der Waals surface area contributed by atoms with Gasteiger partial charge in [-0.1, -0.05) is 0 Å². The average Bonchev–Trinajstić information content (AvgIpc) is 2.30. The summed E-state index contributed by atoms with van der Waals surface area (Å²) in [6.07, 6.45) is 1.27. The lowest BCUT2D eigenvalue weighted by atomic mass is 10.2. The van der Waals surface area contributed by atoms with Gasteiger partial charge in [-0.25, -0.2) is 9.37 Å². The van der Waals surface area contributed by atoms with Crippen molar-refractivity contribution in [3.8, 4) is 0 Å². The van der Waals surface area contributed by atoms with E-state index in [4.69, 9.17) is 5.73 Å². The molecule has 1 unspecified atom stereocenters. The lowest BCUT2D eigenvalue weighted by Gasteiger charge is -2.35. The molecule has 1 aliphatic heterocycles. The highest BCUT2D eigenvalue weighted by Gasteiger charge is 2.22. The maximum Gasteiger partial charge on any atom is 0.141 e. The Morgan fingerprint density at radius 1 is 1.69 bits per heavy atom. The van der Waals surface area contributed by atoms with Crippen LogP contribution in [0.5, 0.6) is 0 Å². The molecule has 16 heavy (non-hydrogen) atoms. The van der Waals surface area contributed by atoms with Crippen LogP contribution < -0.4 is 10.6 Å². The predicted octanol–water partition coefficient (Wildman–Crippen LogP) is 1.62. The minimum absolute atomic E-state index is 0.316. The van der Waals surface area contributed by atoms with E-state index in [0.717, 1.165) is 29.4 Å². The van der Waals surface area contributed by atoms with E-state index in [0.29, 0.717) is 12.6 Å². The van der Waals surface area contributed by atoms with Crippen LogP contribution in [0, 0.1) is 5.82 Å². The second-order valence-electron chi connectivity index (χ2n) is 3.96. The Bertz CT molecular complexity index is 372. The molecule has 1 aromatic rings. The van der Waals surface area contributed by atoms with E-state index in [1.807, 2.05) is 11.8 Å². The van der Waals surface area contributed by atoms with Crippen molar-refractivity contribution in [3.63, 3.8) is 0 Å². The summed E-state index contributed by atoms with van der Waals surface area (Å²) >= 11 is 1.94. The smallest absolute Gasteiger partial charge is 0.141 e. The van der Waals surface area contributed by atoms with Gasteiger partial charge >= 0.3 is 0 Å². The van der Waals surface area contributed by atoms with Crippen molar-refractivity contribution in [1.29, 1.82) is 0 Å². The number of hydrogen-bond donors (Lipinski definition) is 1. The fraction of sp³-hybridized carbons (Fsp3) is 0.545. The lowest BCUT2D eigenvalue weighted by Crippen LogP contribution is -2.41. The van der Waals surface area contributed by atoms with Gasteiger partial charge in [0.1, 0.15) is 11.6 Å². The van der Waals surface area contributed by atoms with Crippen LogP contribution >= 0.6 is 11.8 Å². The van der Waals surface area contributed by atoms with Gasteiger partial charge in [-0.3, -0.25) is 0 Å². The highest BCUT2D eigenvalue weighted by Crippen LogP contribution is 2.25. The molecule has 1 atom stereocenters. The van der Waals surface area contributed by atoms with Gasteiger partial charge in [0.05, 0.1) is 6.20 Å². The van der Waals surface area contributed by atoms with Gasteiger partial charge in [-0.15, -0.1) is 0 Å². The molecule has 2 N–H and O–H groups in total. The van der Waals surface area contributed by atoms with Crippen LogP contribution in [-0.4, -0.2) is 29.1 Å². The van der Waals surface area contributed by atoms with E-state index in [9.17, 15) is 4.39 Å². The van der Waals surface area contributed by atoms with Crippen molar-refractivity contribution in [2.75, 3.05) is 23.0 Å². The molecule has 1 saturated heterocycles. The van der Waals surface area contributed by atoms with E-state index in [1.165, 1.54) is 12.3 Å². The molecule has 0 spiro atoms. The SMILES string of the molecule is CC1CSCCN1c1ncc(F)cc1CN. The monoisotopic (exact) mass is 241 g/mol. The van der Waals surface area contributed by atoms with Crippen molar-refractivity contribution in [2.24, 2.45) is 5.73 Å². The number of nitrogens with two attached hydrogens (primary N) is 1. The number of hydrogen-bond acceptors (Lipinski definition) is 4. The van der Waals surface area contributed by atoms with Crippen LogP contribution in [0.4, 0.5) is 10.2 Å². The summed E-state index contributed by atoms with van der Waals surface area (Å²) in [6.45, 7) is 3.45. The number of halogens is 1. The first kappa shape index (κ1) is 11.7. The molecule has 0 radical (unpaired) electrons. The quantitative estimate of drug-likeness (QED) is 0.854. The van der Waals surface area contributed by atoms with Crippen LogP contribution in [0.2, 0.25) is 0 Å². The van der Waals surface area contributed by atoms with Crippen molar-refractivity contribution in [3.05, 3.63) is 23.6 Å². The summed E-state index contributed by atoms with van der Waals surface area (Å²) in [6, 6.07) is 1.92. The Morgan fingerprint density at radius 2 is 2.50 bits per heavy atom. The number of anilines is 1. The first-order valence-corrected chi connectivity index (χ1v) is 6.56. The molecule has 0 bridgehead atoms. The molecule has 0 aliphatic carbocycles.